The normalized spacial score (nSPS) is 11.4. The van der Waals surface area contributed by atoms with Crippen LogP contribution in [0, 0.1) is 0 Å². The number of nitrogens with one attached hydrogen (secondary N) is 2. The lowest BCUT2D eigenvalue weighted by molar-refractivity contribution is 0.575. The fourth-order valence-electron chi connectivity index (χ4n) is 1.98. The average Bonchev–Trinajstić information content (AvgIpc) is 2.56. The Hall–Kier alpha value is -1.64. The summed E-state index contributed by atoms with van der Waals surface area (Å²) in [5, 5.41) is 6.63. The van der Waals surface area contributed by atoms with Gasteiger partial charge in [-0.15, -0.1) is 0 Å². The summed E-state index contributed by atoms with van der Waals surface area (Å²) in [6.07, 6.45) is 0. The summed E-state index contributed by atoms with van der Waals surface area (Å²) in [5.74, 6) is 0. The van der Waals surface area contributed by atoms with Gasteiger partial charge in [0.2, 0.25) is 0 Å². The van der Waals surface area contributed by atoms with Crippen LogP contribution in [0.4, 0.5) is 0 Å². The molecule has 0 aliphatic rings. The van der Waals surface area contributed by atoms with E-state index in [-0.39, 0.29) is 0 Å². The molecule has 2 rings (SSSR count). The molecule has 0 heterocycles. The molecule has 2 aromatic carbocycles. The van der Waals surface area contributed by atoms with Gasteiger partial charge in [-0.2, -0.15) is 0 Å². The van der Waals surface area contributed by atoms with Gasteiger partial charge in [-0.25, -0.2) is 0 Å². The molecule has 0 bridgehead atoms. The Kier molecular flexibility index (Phi) is 9.18. The largest absolute Gasteiger partial charge is 0.317 e. The minimum atomic E-state index is 0.390. The van der Waals surface area contributed by atoms with E-state index in [0.29, 0.717) is 6.04 Å². The predicted molar refractivity (Wildman–Crippen MR) is 92.4 cm³/mol. The van der Waals surface area contributed by atoms with Gasteiger partial charge >= 0.3 is 0 Å². The fraction of sp³-hybridized carbons (Fsp3) is 0.368. The second-order valence-corrected chi connectivity index (χ2v) is 4.96. The Bertz CT molecular complexity index is 452. The van der Waals surface area contributed by atoms with Crippen LogP contribution in [0.2, 0.25) is 0 Å². The van der Waals surface area contributed by atoms with Crippen LogP contribution in [0.3, 0.4) is 0 Å². The van der Waals surface area contributed by atoms with E-state index in [1.54, 1.807) is 0 Å². The van der Waals surface area contributed by atoms with Crippen molar-refractivity contribution < 1.29 is 0 Å². The van der Waals surface area contributed by atoms with Crippen LogP contribution in [0.1, 0.15) is 37.9 Å². The van der Waals surface area contributed by atoms with Crippen LogP contribution in [0.15, 0.2) is 60.7 Å². The molecule has 0 amide bonds. The van der Waals surface area contributed by atoms with E-state index in [9.17, 15) is 0 Å². The Morgan fingerprint density at radius 1 is 0.810 bits per heavy atom. The molecule has 0 aliphatic carbocycles. The van der Waals surface area contributed by atoms with E-state index >= 15 is 0 Å². The lowest BCUT2D eigenvalue weighted by Gasteiger charge is -2.14. The van der Waals surface area contributed by atoms with Crippen LogP contribution >= 0.6 is 0 Å². The molecule has 1 atom stereocenters. The van der Waals surface area contributed by atoms with Gasteiger partial charge in [0.25, 0.3) is 0 Å². The van der Waals surface area contributed by atoms with Gasteiger partial charge in [0.1, 0.15) is 0 Å². The monoisotopic (exact) mass is 284 g/mol. The minimum absolute atomic E-state index is 0.390. The smallest absolute Gasteiger partial charge is 0.0294 e. The molecule has 0 fully saturated rings. The first-order valence-corrected chi connectivity index (χ1v) is 7.80. The maximum atomic E-state index is 3.52. The van der Waals surface area contributed by atoms with Crippen molar-refractivity contribution >= 4 is 0 Å². The van der Waals surface area contributed by atoms with E-state index in [0.717, 1.165) is 19.6 Å². The van der Waals surface area contributed by atoms with Crippen molar-refractivity contribution in [2.75, 3.05) is 13.1 Å². The second-order valence-electron chi connectivity index (χ2n) is 4.96. The van der Waals surface area contributed by atoms with Gasteiger partial charge in [0.05, 0.1) is 0 Å². The fourth-order valence-corrected chi connectivity index (χ4v) is 1.98. The third kappa shape index (κ3) is 7.64. The van der Waals surface area contributed by atoms with Crippen molar-refractivity contribution in [3.8, 4) is 0 Å². The molecule has 0 radical (unpaired) electrons. The molecular weight excluding hydrogens is 256 g/mol. The van der Waals surface area contributed by atoms with Crippen molar-refractivity contribution in [2.45, 2.75) is 33.4 Å². The molecule has 114 valence electrons. The molecule has 21 heavy (non-hydrogen) atoms. The average molecular weight is 284 g/mol. The van der Waals surface area contributed by atoms with Gasteiger partial charge in [-0.3, -0.25) is 0 Å². The van der Waals surface area contributed by atoms with Crippen LogP contribution < -0.4 is 10.6 Å². The van der Waals surface area contributed by atoms with Crippen molar-refractivity contribution in [2.24, 2.45) is 0 Å². The maximum absolute atomic E-state index is 3.52. The van der Waals surface area contributed by atoms with Crippen LogP contribution in [0.5, 0.6) is 0 Å². The third-order valence-corrected chi connectivity index (χ3v) is 3.25. The predicted octanol–water partition coefficient (Wildman–Crippen LogP) is 4.15. The van der Waals surface area contributed by atoms with Gasteiger partial charge in [-0.1, -0.05) is 74.5 Å². The van der Waals surface area contributed by atoms with Crippen molar-refractivity contribution in [3.63, 3.8) is 0 Å². The van der Waals surface area contributed by atoms with Crippen molar-refractivity contribution in [1.29, 1.82) is 0 Å². The topological polar surface area (TPSA) is 24.1 Å². The van der Waals surface area contributed by atoms with Gasteiger partial charge < -0.3 is 10.6 Å². The molecule has 2 nitrogen and oxygen atoms in total. The van der Waals surface area contributed by atoms with E-state index in [4.69, 9.17) is 0 Å². The number of hydrogen-bond donors (Lipinski definition) is 2. The molecule has 2 aromatic rings. The molecule has 2 N–H and O–H groups in total. The standard InChI is InChI=1S/C15H17N.C4H11N/c1-13(15-10-6-3-7-11-15)16-12-14-8-4-2-5-9-14;1-3-5-4-2/h2-11,13,16H,12H2,1H3;5H,3-4H2,1-2H3. The third-order valence-electron chi connectivity index (χ3n) is 3.25. The minimum Gasteiger partial charge on any atom is -0.317 e. The second kappa shape index (κ2) is 11.1. The highest BCUT2D eigenvalue weighted by molar-refractivity contribution is 5.19. The van der Waals surface area contributed by atoms with Crippen LogP contribution in [-0.2, 0) is 6.54 Å². The summed E-state index contributed by atoms with van der Waals surface area (Å²) < 4.78 is 0. The summed E-state index contributed by atoms with van der Waals surface area (Å²) in [4.78, 5) is 0. The molecule has 0 aliphatic heterocycles. The Morgan fingerprint density at radius 3 is 1.81 bits per heavy atom. The Labute approximate surface area is 129 Å². The van der Waals surface area contributed by atoms with Crippen molar-refractivity contribution in [1.82, 2.24) is 10.6 Å². The van der Waals surface area contributed by atoms with Gasteiger partial charge in [-0.05, 0) is 31.1 Å². The van der Waals surface area contributed by atoms with Gasteiger partial charge in [0.15, 0.2) is 0 Å². The lowest BCUT2D eigenvalue weighted by atomic mass is 10.1. The van der Waals surface area contributed by atoms with Crippen LogP contribution in [-0.4, -0.2) is 13.1 Å². The zero-order chi connectivity index (χ0) is 15.3. The Balaban J connectivity index is 0.000000383. The Morgan fingerprint density at radius 2 is 1.33 bits per heavy atom. The summed E-state index contributed by atoms with van der Waals surface area (Å²) in [7, 11) is 0. The first kappa shape index (κ1) is 17.4. The van der Waals surface area contributed by atoms with Crippen LogP contribution in [0.25, 0.3) is 0 Å². The van der Waals surface area contributed by atoms with E-state index < -0.39 is 0 Å². The number of rotatable bonds is 6. The molecule has 0 spiro atoms. The number of hydrogen-bond acceptors (Lipinski definition) is 2. The highest BCUT2D eigenvalue weighted by atomic mass is 14.9. The molecule has 0 aromatic heterocycles. The molecule has 1 unspecified atom stereocenters. The summed E-state index contributed by atoms with van der Waals surface area (Å²) in [5.41, 5.74) is 2.66. The van der Waals surface area contributed by atoms with E-state index in [2.05, 4.69) is 79.9 Å². The number of benzene rings is 2. The molecule has 0 saturated carbocycles. The summed E-state index contributed by atoms with van der Waals surface area (Å²) >= 11 is 0. The first-order valence-electron chi connectivity index (χ1n) is 7.80. The quantitative estimate of drug-likeness (QED) is 0.832. The van der Waals surface area contributed by atoms with E-state index in [1.807, 2.05) is 12.1 Å². The summed E-state index contributed by atoms with van der Waals surface area (Å²) in [6, 6.07) is 21.4. The zero-order valence-corrected chi connectivity index (χ0v) is 13.5. The SMILES string of the molecule is CC(NCc1ccccc1)c1ccccc1.CCNCC. The summed E-state index contributed by atoms with van der Waals surface area (Å²) in [6.45, 7) is 9.50. The zero-order valence-electron chi connectivity index (χ0n) is 13.5. The highest BCUT2D eigenvalue weighted by Crippen LogP contribution is 2.11. The van der Waals surface area contributed by atoms with E-state index in [1.165, 1.54) is 11.1 Å². The first-order chi connectivity index (χ1) is 10.3. The highest BCUT2D eigenvalue weighted by Gasteiger charge is 2.02. The van der Waals surface area contributed by atoms with Gasteiger partial charge in [0, 0.05) is 12.6 Å². The van der Waals surface area contributed by atoms with Crippen molar-refractivity contribution in [3.05, 3.63) is 71.8 Å². The maximum Gasteiger partial charge on any atom is 0.0294 e. The molecule has 0 saturated heterocycles. The lowest BCUT2D eigenvalue weighted by Crippen LogP contribution is -2.17. The molecular formula is C19H28N2. The molecule has 2 heteroatoms.